The summed E-state index contributed by atoms with van der Waals surface area (Å²) in [7, 11) is 0. The van der Waals surface area contributed by atoms with Gasteiger partial charge < -0.3 is 10.2 Å². The highest BCUT2D eigenvalue weighted by molar-refractivity contribution is 6.30. The molecule has 0 aromatic heterocycles. The molecule has 1 heterocycles. The average Bonchev–Trinajstić information content (AvgIpc) is 2.85. The van der Waals surface area contributed by atoms with Crippen LogP contribution in [0.15, 0.2) is 66.7 Å². The van der Waals surface area contributed by atoms with E-state index in [4.69, 9.17) is 11.6 Å². The summed E-state index contributed by atoms with van der Waals surface area (Å²) in [5, 5.41) is 3.47. The summed E-state index contributed by atoms with van der Waals surface area (Å²) in [4.78, 5) is 27.8. The molecule has 0 saturated carbocycles. The number of carbonyl (C=O) groups excluding carboxylic acids is 2. The summed E-state index contributed by atoms with van der Waals surface area (Å²) >= 11 is 6.29. The maximum Gasteiger partial charge on any atom is 0.255 e. The Bertz CT molecular complexity index is 1100. The lowest BCUT2D eigenvalue weighted by molar-refractivity contribution is -0.117. The van der Waals surface area contributed by atoms with Gasteiger partial charge in [-0.2, -0.15) is 0 Å². The van der Waals surface area contributed by atoms with E-state index in [0.29, 0.717) is 16.3 Å². The topological polar surface area (TPSA) is 49.4 Å². The first-order chi connectivity index (χ1) is 13.9. The normalized spacial score (nSPS) is 16.0. The summed E-state index contributed by atoms with van der Waals surface area (Å²) in [5.41, 5.74) is 5.11. The second-order valence-corrected chi connectivity index (χ2v) is 7.76. The van der Waals surface area contributed by atoms with Gasteiger partial charge in [0.2, 0.25) is 5.91 Å². The molecule has 1 N–H and O–H groups in total. The molecule has 1 unspecified atom stereocenters. The molecule has 0 bridgehead atoms. The molecule has 146 valence electrons. The number of nitrogens with one attached hydrogen (secondary N) is 1. The monoisotopic (exact) mass is 404 g/mol. The van der Waals surface area contributed by atoms with E-state index in [-0.39, 0.29) is 18.4 Å². The van der Waals surface area contributed by atoms with Crippen LogP contribution in [0.1, 0.15) is 38.7 Å². The van der Waals surface area contributed by atoms with Gasteiger partial charge in [0, 0.05) is 21.8 Å². The van der Waals surface area contributed by atoms with Crippen molar-refractivity contribution in [3.63, 3.8) is 0 Å². The van der Waals surface area contributed by atoms with E-state index in [1.165, 1.54) is 0 Å². The van der Waals surface area contributed by atoms with Crippen molar-refractivity contribution in [2.75, 3.05) is 11.9 Å². The Morgan fingerprint density at radius 3 is 2.48 bits per heavy atom. The molecule has 0 aliphatic carbocycles. The Kier molecular flexibility index (Phi) is 5.12. The minimum atomic E-state index is -0.432. The lowest BCUT2D eigenvalue weighted by Gasteiger charge is -2.31. The van der Waals surface area contributed by atoms with Crippen molar-refractivity contribution in [2.45, 2.75) is 19.9 Å². The van der Waals surface area contributed by atoms with Crippen LogP contribution in [0.5, 0.6) is 0 Å². The summed E-state index contributed by atoms with van der Waals surface area (Å²) in [6, 6.07) is 20.3. The van der Waals surface area contributed by atoms with Gasteiger partial charge in [-0.3, -0.25) is 9.59 Å². The van der Waals surface area contributed by atoms with Crippen molar-refractivity contribution >= 4 is 29.1 Å². The number of rotatable bonds is 2. The Balaban J connectivity index is 1.88. The number of fused-ring (bicyclic) bond motifs is 1. The highest BCUT2D eigenvalue weighted by Gasteiger charge is 2.34. The van der Waals surface area contributed by atoms with Gasteiger partial charge in [0.05, 0.1) is 6.04 Å². The van der Waals surface area contributed by atoms with Crippen LogP contribution >= 0.6 is 11.6 Å². The van der Waals surface area contributed by atoms with Crippen LogP contribution in [0.25, 0.3) is 0 Å². The number of benzene rings is 3. The Morgan fingerprint density at radius 1 is 1.00 bits per heavy atom. The Labute approximate surface area is 175 Å². The van der Waals surface area contributed by atoms with E-state index >= 15 is 0 Å². The summed E-state index contributed by atoms with van der Waals surface area (Å²) in [6.45, 7) is 3.94. The Hall–Kier alpha value is -3.11. The maximum atomic E-state index is 13.6. The molecule has 0 spiro atoms. The van der Waals surface area contributed by atoms with Crippen LogP contribution in [0.3, 0.4) is 0 Å². The van der Waals surface area contributed by atoms with Gasteiger partial charge in [0.25, 0.3) is 5.91 Å². The van der Waals surface area contributed by atoms with Crippen LogP contribution in [0.2, 0.25) is 5.02 Å². The highest BCUT2D eigenvalue weighted by atomic mass is 35.5. The summed E-state index contributed by atoms with van der Waals surface area (Å²) < 4.78 is 0. The second kappa shape index (κ2) is 7.72. The molecule has 1 aliphatic rings. The van der Waals surface area contributed by atoms with Gasteiger partial charge >= 0.3 is 0 Å². The van der Waals surface area contributed by atoms with Crippen LogP contribution in [-0.4, -0.2) is 23.3 Å². The van der Waals surface area contributed by atoms with Crippen LogP contribution < -0.4 is 5.32 Å². The number of halogens is 1. The van der Waals surface area contributed by atoms with Crippen LogP contribution in [0, 0.1) is 13.8 Å². The molecule has 5 heteroatoms. The van der Waals surface area contributed by atoms with Crippen molar-refractivity contribution in [3.05, 3.63) is 99.6 Å². The van der Waals surface area contributed by atoms with Gasteiger partial charge in [-0.25, -0.2) is 0 Å². The van der Waals surface area contributed by atoms with Gasteiger partial charge in [-0.05, 0) is 60.9 Å². The predicted molar refractivity (Wildman–Crippen MR) is 115 cm³/mol. The fourth-order valence-corrected chi connectivity index (χ4v) is 3.88. The van der Waals surface area contributed by atoms with E-state index in [9.17, 15) is 9.59 Å². The van der Waals surface area contributed by atoms with Crippen LogP contribution in [0.4, 0.5) is 5.69 Å². The van der Waals surface area contributed by atoms with Crippen molar-refractivity contribution in [3.8, 4) is 0 Å². The molecule has 4 rings (SSSR count). The van der Waals surface area contributed by atoms with E-state index in [1.54, 1.807) is 17.0 Å². The first-order valence-corrected chi connectivity index (χ1v) is 9.84. The molecule has 3 aromatic carbocycles. The van der Waals surface area contributed by atoms with E-state index in [2.05, 4.69) is 5.32 Å². The number of aryl methyl sites for hydroxylation is 2. The molecular weight excluding hydrogens is 384 g/mol. The van der Waals surface area contributed by atoms with E-state index in [1.807, 2.05) is 68.4 Å². The lowest BCUT2D eigenvalue weighted by Crippen LogP contribution is -2.39. The number of anilines is 1. The van der Waals surface area contributed by atoms with Crippen LogP contribution in [-0.2, 0) is 4.79 Å². The number of nitrogens with zero attached hydrogens (tertiary/aromatic N) is 1. The minimum absolute atomic E-state index is 0.0440. The minimum Gasteiger partial charge on any atom is -0.324 e. The third-order valence-corrected chi connectivity index (χ3v) is 5.57. The lowest BCUT2D eigenvalue weighted by atomic mass is 9.95. The fourth-order valence-electron chi connectivity index (χ4n) is 3.70. The number of hydrogen-bond donors (Lipinski definition) is 1. The zero-order valence-corrected chi connectivity index (χ0v) is 17.0. The molecule has 4 nitrogen and oxygen atoms in total. The second-order valence-electron chi connectivity index (χ2n) is 7.33. The zero-order valence-electron chi connectivity index (χ0n) is 16.3. The smallest absolute Gasteiger partial charge is 0.255 e. The largest absolute Gasteiger partial charge is 0.324 e. The molecule has 0 radical (unpaired) electrons. The standard InChI is InChI=1S/C24H21ClN2O2/c1-15-8-9-18(12-16(15)2)24(29)27-14-22(28)26-21-11-10-19(25)13-20(21)23(27)17-6-4-3-5-7-17/h3-13,23H,14H2,1-2H3,(H,26,28). The molecular formula is C24H21ClN2O2. The molecule has 3 aromatic rings. The summed E-state index contributed by atoms with van der Waals surface area (Å²) in [5.74, 6) is -0.422. The molecule has 29 heavy (non-hydrogen) atoms. The van der Waals surface area contributed by atoms with Crippen molar-refractivity contribution < 1.29 is 9.59 Å². The van der Waals surface area contributed by atoms with Gasteiger partial charge in [-0.1, -0.05) is 48.0 Å². The third kappa shape index (κ3) is 3.76. The van der Waals surface area contributed by atoms with Crippen molar-refractivity contribution in [1.82, 2.24) is 4.90 Å². The molecule has 1 atom stereocenters. The van der Waals surface area contributed by atoms with Crippen molar-refractivity contribution in [1.29, 1.82) is 0 Å². The summed E-state index contributed by atoms with van der Waals surface area (Å²) in [6.07, 6.45) is 0. The maximum absolute atomic E-state index is 13.6. The average molecular weight is 405 g/mol. The zero-order chi connectivity index (χ0) is 20.5. The molecule has 1 aliphatic heterocycles. The highest BCUT2D eigenvalue weighted by Crippen LogP contribution is 2.38. The Morgan fingerprint density at radius 2 is 1.76 bits per heavy atom. The SMILES string of the molecule is Cc1ccc(C(=O)N2CC(=O)Nc3ccc(Cl)cc3C2c2ccccc2)cc1C. The van der Waals surface area contributed by atoms with E-state index in [0.717, 1.165) is 22.3 Å². The number of carbonyl (C=O) groups is 2. The predicted octanol–water partition coefficient (Wildman–Crippen LogP) is 5.14. The molecule has 0 saturated heterocycles. The molecule has 2 amide bonds. The molecule has 0 fully saturated rings. The van der Waals surface area contributed by atoms with Gasteiger partial charge in [0.1, 0.15) is 6.54 Å². The fraction of sp³-hybridized carbons (Fsp3) is 0.167. The first-order valence-electron chi connectivity index (χ1n) is 9.46. The van der Waals surface area contributed by atoms with Crippen molar-refractivity contribution in [2.24, 2.45) is 0 Å². The quantitative estimate of drug-likeness (QED) is 0.642. The van der Waals surface area contributed by atoms with E-state index < -0.39 is 6.04 Å². The number of amides is 2. The van der Waals surface area contributed by atoms with Gasteiger partial charge in [0.15, 0.2) is 0 Å². The number of hydrogen-bond acceptors (Lipinski definition) is 2. The van der Waals surface area contributed by atoms with Gasteiger partial charge in [-0.15, -0.1) is 0 Å². The first kappa shape index (κ1) is 19.2. The third-order valence-electron chi connectivity index (χ3n) is 5.34.